The Hall–Kier alpha value is -0.610. The molecule has 1 rings (SSSR count). The van der Waals surface area contributed by atoms with Crippen molar-refractivity contribution in [3.05, 3.63) is 0 Å². The van der Waals surface area contributed by atoms with Crippen molar-refractivity contribution in [3.63, 3.8) is 0 Å². The molecule has 1 amide bonds. The van der Waals surface area contributed by atoms with E-state index in [-0.39, 0.29) is 17.2 Å². The first-order chi connectivity index (χ1) is 9.81. The molecule has 2 unspecified atom stereocenters. The van der Waals surface area contributed by atoms with E-state index in [1.54, 1.807) is 0 Å². The number of hydrogen-bond acceptors (Lipinski definition) is 3. The number of amides is 1. The van der Waals surface area contributed by atoms with Crippen molar-refractivity contribution in [2.75, 3.05) is 32.7 Å². The molecule has 3 N–H and O–H groups in total. The quantitative estimate of drug-likeness (QED) is 0.757. The van der Waals surface area contributed by atoms with Crippen LogP contribution in [0.2, 0.25) is 0 Å². The third kappa shape index (κ3) is 7.82. The fourth-order valence-corrected chi connectivity index (χ4v) is 3.09. The Balaban J connectivity index is 2.29. The Bertz CT molecular complexity index is 306. The number of rotatable bonds is 7. The Morgan fingerprint density at radius 1 is 1.24 bits per heavy atom. The highest BCUT2D eigenvalue weighted by atomic mass is 16.1. The molecule has 0 aromatic rings. The second-order valence-corrected chi connectivity index (χ2v) is 7.91. The van der Waals surface area contributed by atoms with Crippen molar-refractivity contribution < 1.29 is 4.79 Å². The summed E-state index contributed by atoms with van der Waals surface area (Å²) in [5, 5.41) is 3.10. The zero-order valence-corrected chi connectivity index (χ0v) is 14.5. The predicted octanol–water partition coefficient (Wildman–Crippen LogP) is 2.24. The highest BCUT2D eigenvalue weighted by Crippen LogP contribution is 2.24. The topological polar surface area (TPSA) is 58.4 Å². The lowest BCUT2D eigenvalue weighted by Crippen LogP contribution is -2.41. The second kappa shape index (κ2) is 8.74. The number of piperidine rings is 1. The van der Waals surface area contributed by atoms with Crippen LogP contribution in [0.5, 0.6) is 0 Å². The first-order valence-electron chi connectivity index (χ1n) is 8.52. The van der Waals surface area contributed by atoms with Gasteiger partial charge in [0.1, 0.15) is 0 Å². The van der Waals surface area contributed by atoms with Crippen molar-refractivity contribution in [2.45, 2.75) is 53.4 Å². The van der Waals surface area contributed by atoms with Crippen molar-refractivity contribution >= 4 is 5.91 Å². The van der Waals surface area contributed by atoms with Gasteiger partial charge in [0.25, 0.3) is 0 Å². The maximum absolute atomic E-state index is 12.2. The SMILES string of the molecule is CC(CNC(=O)C(CN)CC(C)(C)C)CN1CCCCC1. The van der Waals surface area contributed by atoms with E-state index in [4.69, 9.17) is 5.73 Å². The van der Waals surface area contributed by atoms with Gasteiger partial charge < -0.3 is 16.0 Å². The molecule has 0 aliphatic carbocycles. The first-order valence-corrected chi connectivity index (χ1v) is 8.52. The van der Waals surface area contributed by atoms with Crippen LogP contribution in [0.1, 0.15) is 53.4 Å². The molecule has 1 heterocycles. The molecule has 1 aliphatic rings. The lowest BCUT2D eigenvalue weighted by atomic mass is 9.84. The molecule has 124 valence electrons. The third-order valence-corrected chi connectivity index (χ3v) is 4.16. The average Bonchev–Trinajstić information content (AvgIpc) is 2.42. The van der Waals surface area contributed by atoms with E-state index in [0.29, 0.717) is 12.5 Å². The van der Waals surface area contributed by atoms with Gasteiger partial charge in [-0.2, -0.15) is 0 Å². The molecule has 1 fully saturated rings. The molecule has 1 saturated heterocycles. The third-order valence-electron chi connectivity index (χ3n) is 4.16. The summed E-state index contributed by atoms with van der Waals surface area (Å²) in [4.78, 5) is 14.8. The van der Waals surface area contributed by atoms with Crippen molar-refractivity contribution in [1.29, 1.82) is 0 Å². The Morgan fingerprint density at radius 3 is 2.38 bits per heavy atom. The van der Waals surface area contributed by atoms with Crippen LogP contribution < -0.4 is 11.1 Å². The molecule has 0 aromatic heterocycles. The minimum absolute atomic E-state index is 0.0628. The van der Waals surface area contributed by atoms with Gasteiger partial charge in [-0.15, -0.1) is 0 Å². The summed E-state index contributed by atoms with van der Waals surface area (Å²) < 4.78 is 0. The van der Waals surface area contributed by atoms with E-state index in [1.165, 1.54) is 32.4 Å². The van der Waals surface area contributed by atoms with Gasteiger partial charge >= 0.3 is 0 Å². The summed E-state index contributed by atoms with van der Waals surface area (Å²) in [6.45, 7) is 13.4. The molecule has 0 aromatic carbocycles. The molecule has 0 radical (unpaired) electrons. The summed E-state index contributed by atoms with van der Waals surface area (Å²) in [7, 11) is 0. The number of carbonyl (C=O) groups excluding carboxylic acids is 1. The second-order valence-electron chi connectivity index (χ2n) is 7.91. The lowest BCUT2D eigenvalue weighted by molar-refractivity contribution is -0.125. The summed E-state index contributed by atoms with van der Waals surface area (Å²) in [5.41, 5.74) is 5.91. The van der Waals surface area contributed by atoms with Gasteiger partial charge in [0.2, 0.25) is 5.91 Å². The minimum Gasteiger partial charge on any atom is -0.356 e. The van der Waals surface area contributed by atoms with Crippen LogP contribution in [0.15, 0.2) is 0 Å². The van der Waals surface area contributed by atoms with Gasteiger partial charge in [-0.3, -0.25) is 4.79 Å². The zero-order valence-electron chi connectivity index (χ0n) is 14.5. The standard InChI is InChI=1S/C17H35N3O/c1-14(13-20-8-6-5-7-9-20)12-19-16(21)15(11-18)10-17(2,3)4/h14-15H,5-13,18H2,1-4H3,(H,19,21). The fraction of sp³-hybridized carbons (Fsp3) is 0.941. The van der Waals surface area contributed by atoms with Crippen molar-refractivity contribution in [2.24, 2.45) is 23.0 Å². The van der Waals surface area contributed by atoms with Gasteiger partial charge in [-0.1, -0.05) is 34.1 Å². The molecular weight excluding hydrogens is 262 g/mol. The molecular formula is C17H35N3O. The molecule has 0 spiro atoms. The van der Waals surface area contributed by atoms with Crippen molar-refractivity contribution in [3.8, 4) is 0 Å². The lowest BCUT2D eigenvalue weighted by Gasteiger charge is -2.29. The summed E-state index contributed by atoms with van der Waals surface area (Å²) in [6, 6.07) is 0. The fourth-order valence-electron chi connectivity index (χ4n) is 3.09. The summed E-state index contributed by atoms with van der Waals surface area (Å²) in [5.74, 6) is 0.560. The number of hydrogen-bond donors (Lipinski definition) is 2. The molecule has 0 saturated carbocycles. The van der Waals surface area contributed by atoms with E-state index in [9.17, 15) is 4.79 Å². The number of nitrogens with two attached hydrogens (primary N) is 1. The molecule has 2 atom stereocenters. The summed E-state index contributed by atoms with van der Waals surface area (Å²) >= 11 is 0. The minimum atomic E-state index is -0.0628. The number of likely N-dealkylation sites (tertiary alicyclic amines) is 1. The summed E-state index contributed by atoms with van der Waals surface area (Å²) in [6.07, 6.45) is 4.85. The van der Waals surface area contributed by atoms with Crippen LogP contribution in [-0.2, 0) is 4.79 Å². The first kappa shape index (κ1) is 18.4. The highest BCUT2D eigenvalue weighted by Gasteiger charge is 2.24. The molecule has 4 heteroatoms. The van der Waals surface area contributed by atoms with E-state index >= 15 is 0 Å². The van der Waals surface area contributed by atoms with Crippen LogP contribution in [0.3, 0.4) is 0 Å². The molecule has 21 heavy (non-hydrogen) atoms. The van der Waals surface area contributed by atoms with Crippen molar-refractivity contribution in [1.82, 2.24) is 10.2 Å². The predicted molar refractivity (Wildman–Crippen MR) is 89.1 cm³/mol. The van der Waals surface area contributed by atoms with E-state index in [1.807, 2.05) is 0 Å². The number of nitrogens with zero attached hydrogens (tertiary/aromatic N) is 1. The van der Waals surface area contributed by atoms with Crippen LogP contribution in [-0.4, -0.2) is 43.5 Å². The van der Waals surface area contributed by atoms with Gasteiger partial charge in [0.15, 0.2) is 0 Å². The molecule has 1 aliphatic heterocycles. The highest BCUT2D eigenvalue weighted by molar-refractivity contribution is 5.78. The normalized spacial score (nSPS) is 20.0. The van der Waals surface area contributed by atoms with E-state index < -0.39 is 0 Å². The Kier molecular flexibility index (Phi) is 7.67. The van der Waals surface area contributed by atoms with Crippen LogP contribution in [0.4, 0.5) is 0 Å². The van der Waals surface area contributed by atoms with Crippen LogP contribution in [0, 0.1) is 17.3 Å². The molecule has 0 bridgehead atoms. The van der Waals surface area contributed by atoms with Gasteiger partial charge in [0, 0.05) is 19.6 Å². The van der Waals surface area contributed by atoms with Gasteiger partial charge in [0.05, 0.1) is 5.92 Å². The zero-order chi connectivity index (χ0) is 15.9. The maximum atomic E-state index is 12.2. The van der Waals surface area contributed by atoms with Gasteiger partial charge in [-0.05, 0) is 43.7 Å². The van der Waals surface area contributed by atoms with E-state index in [2.05, 4.69) is 37.9 Å². The molecule has 4 nitrogen and oxygen atoms in total. The average molecular weight is 297 g/mol. The van der Waals surface area contributed by atoms with Gasteiger partial charge in [-0.25, -0.2) is 0 Å². The Labute approximate surface area is 130 Å². The Morgan fingerprint density at radius 2 is 1.86 bits per heavy atom. The smallest absolute Gasteiger partial charge is 0.224 e. The monoisotopic (exact) mass is 297 g/mol. The number of carbonyl (C=O) groups is 1. The number of nitrogens with one attached hydrogen (secondary N) is 1. The maximum Gasteiger partial charge on any atom is 0.224 e. The van der Waals surface area contributed by atoms with Crippen LogP contribution in [0.25, 0.3) is 0 Å². The van der Waals surface area contributed by atoms with Crippen LogP contribution >= 0.6 is 0 Å². The van der Waals surface area contributed by atoms with E-state index in [0.717, 1.165) is 19.5 Å². The largest absolute Gasteiger partial charge is 0.356 e.